The number of halogens is 2. The highest BCUT2D eigenvalue weighted by Gasteiger charge is 2.17. The van der Waals surface area contributed by atoms with E-state index in [1.54, 1.807) is 24.3 Å². The third-order valence-corrected chi connectivity index (χ3v) is 4.32. The van der Waals surface area contributed by atoms with Crippen LogP contribution in [0.4, 0.5) is 0 Å². The summed E-state index contributed by atoms with van der Waals surface area (Å²) in [5.41, 5.74) is 7.65. The Balaban J connectivity index is 2.49. The highest BCUT2D eigenvalue weighted by molar-refractivity contribution is 6.36. The molecule has 1 atom stereocenters. The minimum Gasteiger partial charge on any atom is -0.481 e. The van der Waals surface area contributed by atoms with Crippen LogP contribution in [0.5, 0.6) is 0 Å². The predicted octanol–water partition coefficient (Wildman–Crippen LogP) is 3.88. The standard InChI is InChI=1S/C17H15Cl2NO4/c18-14-4-2-9(11(8-20)7-16(21)22)5-13(14)12-3-1-10(17(23)24)6-15(12)19/h1-6,11H,7-8,20H2,(H,21,22)(H,23,24)/t11-/m0/s1. The Hall–Kier alpha value is -2.08. The monoisotopic (exact) mass is 367 g/mol. The molecular weight excluding hydrogens is 353 g/mol. The molecule has 0 unspecified atom stereocenters. The zero-order valence-corrected chi connectivity index (χ0v) is 14.0. The number of aliphatic carboxylic acids is 1. The molecule has 2 rings (SSSR count). The van der Waals surface area contributed by atoms with E-state index in [-0.39, 0.29) is 29.5 Å². The zero-order chi connectivity index (χ0) is 17.9. The average Bonchev–Trinajstić information content (AvgIpc) is 2.53. The third-order valence-electron chi connectivity index (χ3n) is 3.67. The van der Waals surface area contributed by atoms with Gasteiger partial charge in [0.2, 0.25) is 0 Å². The molecule has 0 heterocycles. The van der Waals surface area contributed by atoms with Gasteiger partial charge in [-0.05, 0) is 36.4 Å². The van der Waals surface area contributed by atoms with Crippen molar-refractivity contribution in [2.75, 3.05) is 6.54 Å². The molecule has 4 N–H and O–H groups in total. The van der Waals surface area contributed by atoms with E-state index in [4.69, 9.17) is 39.1 Å². The molecule has 0 aliphatic carbocycles. The maximum absolute atomic E-state index is 11.0. The van der Waals surface area contributed by atoms with Crippen LogP contribution >= 0.6 is 23.2 Å². The smallest absolute Gasteiger partial charge is 0.335 e. The number of aromatic carboxylic acids is 1. The van der Waals surface area contributed by atoms with E-state index in [0.717, 1.165) is 5.56 Å². The first-order chi connectivity index (χ1) is 11.3. The Labute approximate surface area is 148 Å². The van der Waals surface area contributed by atoms with E-state index in [1.807, 2.05) is 0 Å². The molecule has 0 saturated heterocycles. The maximum atomic E-state index is 11.0. The summed E-state index contributed by atoms with van der Waals surface area (Å²) in [5.74, 6) is -2.37. The van der Waals surface area contributed by atoms with Gasteiger partial charge in [0.25, 0.3) is 0 Å². The number of carbonyl (C=O) groups is 2. The lowest BCUT2D eigenvalue weighted by molar-refractivity contribution is -0.137. The van der Waals surface area contributed by atoms with Gasteiger partial charge >= 0.3 is 11.9 Å². The van der Waals surface area contributed by atoms with Crippen molar-refractivity contribution in [2.45, 2.75) is 12.3 Å². The lowest BCUT2D eigenvalue weighted by Crippen LogP contribution is -2.16. The van der Waals surface area contributed by atoms with Crippen LogP contribution in [0.2, 0.25) is 10.0 Å². The lowest BCUT2D eigenvalue weighted by Gasteiger charge is -2.16. The summed E-state index contributed by atoms with van der Waals surface area (Å²) in [6, 6.07) is 9.48. The van der Waals surface area contributed by atoms with E-state index in [0.29, 0.717) is 16.1 Å². The Morgan fingerprint density at radius 3 is 2.25 bits per heavy atom. The van der Waals surface area contributed by atoms with Crippen LogP contribution in [0.25, 0.3) is 11.1 Å². The van der Waals surface area contributed by atoms with Gasteiger partial charge < -0.3 is 15.9 Å². The Morgan fingerprint density at radius 1 is 1.00 bits per heavy atom. The molecule has 2 aromatic rings. The van der Waals surface area contributed by atoms with E-state index >= 15 is 0 Å². The quantitative estimate of drug-likeness (QED) is 0.719. The second kappa shape index (κ2) is 7.66. The van der Waals surface area contributed by atoms with Crippen molar-refractivity contribution >= 4 is 35.1 Å². The number of hydrogen-bond acceptors (Lipinski definition) is 3. The van der Waals surface area contributed by atoms with Gasteiger partial charge in [-0.3, -0.25) is 4.79 Å². The minimum absolute atomic E-state index is 0.0711. The van der Waals surface area contributed by atoms with Crippen LogP contribution in [-0.4, -0.2) is 28.7 Å². The van der Waals surface area contributed by atoms with Crippen LogP contribution in [0, 0.1) is 0 Å². The Kier molecular flexibility index (Phi) is 5.83. The Bertz CT molecular complexity index is 792. The highest BCUT2D eigenvalue weighted by atomic mass is 35.5. The second-order valence-corrected chi connectivity index (χ2v) is 6.08. The van der Waals surface area contributed by atoms with E-state index in [2.05, 4.69) is 0 Å². The number of rotatable bonds is 6. The van der Waals surface area contributed by atoms with Crippen LogP contribution < -0.4 is 5.73 Å². The molecule has 0 spiro atoms. The van der Waals surface area contributed by atoms with Gasteiger partial charge in [-0.25, -0.2) is 4.79 Å². The highest BCUT2D eigenvalue weighted by Crippen LogP contribution is 2.36. The van der Waals surface area contributed by atoms with Crippen molar-refractivity contribution in [3.63, 3.8) is 0 Å². The van der Waals surface area contributed by atoms with Crippen LogP contribution in [0.15, 0.2) is 36.4 Å². The summed E-state index contributed by atoms with van der Waals surface area (Å²) in [6.07, 6.45) is -0.0940. The molecular formula is C17H15Cl2NO4. The first-order valence-electron chi connectivity index (χ1n) is 7.08. The summed E-state index contributed by atoms with van der Waals surface area (Å²) in [4.78, 5) is 22.0. The van der Waals surface area contributed by atoms with E-state index in [1.165, 1.54) is 12.1 Å². The van der Waals surface area contributed by atoms with Gasteiger partial charge in [-0.15, -0.1) is 0 Å². The van der Waals surface area contributed by atoms with Gasteiger partial charge in [-0.2, -0.15) is 0 Å². The zero-order valence-electron chi connectivity index (χ0n) is 12.5. The van der Waals surface area contributed by atoms with E-state index in [9.17, 15) is 9.59 Å². The number of carboxylic acids is 2. The molecule has 0 saturated carbocycles. The van der Waals surface area contributed by atoms with Gasteiger partial charge in [0.05, 0.1) is 12.0 Å². The minimum atomic E-state index is -1.08. The summed E-state index contributed by atoms with van der Waals surface area (Å²) in [5, 5.41) is 18.7. The SMILES string of the molecule is NC[C@H](CC(=O)O)c1ccc(Cl)c(-c2ccc(C(=O)O)cc2Cl)c1. The molecule has 0 fully saturated rings. The molecule has 0 amide bonds. The number of carboxylic acid groups (broad SMARTS) is 2. The van der Waals surface area contributed by atoms with Crippen molar-refractivity contribution < 1.29 is 19.8 Å². The number of hydrogen-bond donors (Lipinski definition) is 3. The molecule has 0 aliphatic rings. The maximum Gasteiger partial charge on any atom is 0.335 e. The molecule has 7 heteroatoms. The molecule has 5 nitrogen and oxygen atoms in total. The molecule has 0 radical (unpaired) electrons. The molecule has 0 bridgehead atoms. The van der Waals surface area contributed by atoms with Crippen LogP contribution in [0.3, 0.4) is 0 Å². The van der Waals surface area contributed by atoms with Gasteiger partial charge in [0.15, 0.2) is 0 Å². The van der Waals surface area contributed by atoms with Crippen molar-refractivity contribution in [3.05, 3.63) is 57.6 Å². The van der Waals surface area contributed by atoms with Crippen molar-refractivity contribution in [1.29, 1.82) is 0 Å². The van der Waals surface area contributed by atoms with Gasteiger partial charge in [0, 0.05) is 27.1 Å². The molecule has 0 aliphatic heterocycles. The molecule has 0 aromatic heterocycles. The molecule has 126 valence electrons. The number of nitrogens with two attached hydrogens (primary N) is 1. The topological polar surface area (TPSA) is 101 Å². The molecule has 2 aromatic carbocycles. The van der Waals surface area contributed by atoms with Gasteiger partial charge in [-0.1, -0.05) is 35.3 Å². The largest absolute Gasteiger partial charge is 0.481 e. The Morgan fingerprint density at radius 2 is 1.71 bits per heavy atom. The first-order valence-corrected chi connectivity index (χ1v) is 7.83. The van der Waals surface area contributed by atoms with Crippen molar-refractivity contribution in [1.82, 2.24) is 0 Å². The fourth-order valence-electron chi connectivity index (χ4n) is 2.42. The summed E-state index contributed by atoms with van der Waals surface area (Å²) >= 11 is 12.4. The van der Waals surface area contributed by atoms with Crippen molar-refractivity contribution in [2.24, 2.45) is 5.73 Å². The summed E-state index contributed by atoms with van der Waals surface area (Å²) < 4.78 is 0. The number of benzene rings is 2. The lowest BCUT2D eigenvalue weighted by atomic mass is 9.92. The van der Waals surface area contributed by atoms with Gasteiger partial charge in [0.1, 0.15) is 0 Å². The summed E-state index contributed by atoms with van der Waals surface area (Å²) in [6.45, 7) is 0.180. The first kappa shape index (κ1) is 18.3. The summed E-state index contributed by atoms with van der Waals surface area (Å²) in [7, 11) is 0. The normalized spacial score (nSPS) is 12.0. The second-order valence-electron chi connectivity index (χ2n) is 5.27. The van der Waals surface area contributed by atoms with Crippen LogP contribution in [-0.2, 0) is 4.79 Å². The average molecular weight is 368 g/mol. The van der Waals surface area contributed by atoms with Crippen LogP contribution in [0.1, 0.15) is 28.3 Å². The van der Waals surface area contributed by atoms with E-state index < -0.39 is 11.9 Å². The predicted molar refractivity (Wildman–Crippen MR) is 92.9 cm³/mol. The fraction of sp³-hybridized carbons (Fsp3) is 0.176. The third kappa shape index (κ3) is 4.06. The molecule has 24 heavy (non-hydrogen) atoms. The van der Waals surface area contributed by atoms with Crippen molar-refractivity contribution in [3.8, 4) is 11.1 Å². The fourth-order valence-corrected chi connectivity index (χ4v) is 2.92.